The Labute approximate surface area is 255 Å². The molecule has 4 aromatic carbocycles. The number of rotatable bonds is 9. The number of barbiturate groups is 1. The SMILES string of the molecule is CCOc1cc(C=C2C(=O)N(c3ccccc3)C(=O)N(c3ccccc3)C2=O)cc(Br)c1OCc1ccc([N+](=O)[O-])cc1. The van der Waals surface area contributed by atoms with E-state index in [1.165, 1.54) is 18.2 Å². The van der Waals surface area contributed by atoms with Crippen molar-refractivity contribution in [3.8, 4) is 11.5 Å². The molecule has 0 N–H and O–H groups in total. The minimum Gasteiger partial charge on any atom is -0.490 e. The van der Waals surface area contributed by atoms with Crippen LogP contribution < -0.4 is 19.3 Å². The van der Waals surface area contributed by atoms with Gasteiger partial charge in [0, 0.05) is 12.1 Å². The van der Waals surface area contributed by atoms with Crippen LogP contribution in [0.1, 0.15) is 18.1 Å². The summed E-state index contributed by atoms with van der Waals surface area (Å²) in [7, 11) is 0. The van der Waals surface area contributed by atoms with Gasteiger partial charge in [-0.15, -0.1) is 0 Å². The number of carbonyl (C=O) groups excluding carboxylic acids is 3. The number of nitro groups is 1. The van der Waals surface area contributed by atoms with Crippen LogP contribution in [0.3, 0.4) is 0 Å². The number of amides is 4. The number of para-hydroxylation sites is 2. The second-order valence-electron chi connectivity index (χ2n) is 9.27. The number of halogens is 1. The van der Waals surface area contributed by atoms with Gasteiger partial charge in [-0.25, -0.2) is 14.6 Å². The van der Waals surface area contributed by atoms with Crippen LogP contribution in [0.15, 0.2) is 107 Å². The zero-order valence-electron chi connectivity index (χ0n) is 22.8. The Bertz CT molecular complexity index is 1660. The van der Waals surface area contributed by atoms with Crippen molar-refractivity contribution >= 4 is 56.9 Å². The molecule has 4 aromatic rings. The lowest BCUT2D eigenvalue weighted by Crippen LogP contribution is -2.57. The smallest absolute Gasteiger partial charge is 0.343 e. The predicted molar refractivity (Wildman–Crippen MR) is 164 cm³/mol. The van der Waals surface area contributed by atoms with Crippen molar-refractivity contribution in [2.45, 2.75) is 13.5 Å². The van der Waals surface area contributed by atoms with Gasteiger partial charge in [-0.1, -0.05) is 36.4 Å². The fraction of sp³-hybridized carbons (Fsp3) is 0.0938. The molecular formula is C32H24BrN3O7. The number of benzene rings is 4. The lowest BCUT2D eigenvalue weighted by Gasteiger charge is -2.34. The maximum absolute atomic E-state index is 13.7. The zero-order chi connectivity index (χ0) is 30.5. The van der Waals surface area contributed by atoms with Crippen molar-refractivity contribution in [1.82, 2.24) is 0 Å². The highest BCUT2D eigenvalue weighted by Crippen LogP contribution is 2.39. The van der Waals surface area contributed by atoms with E-state index in [1.807, 2.05) is 0 Å². The lowest BCUT2D eigenvalue weighted by atomic mass is 10.0. The van der Waals surface area contributed by atoms with Crippen LogP contribution in [-0.4, -0.2) is 29.4 Å². The molecule has 0 spiro atoms. The molecular weight excluding hydrogens is 618 g/mol. The number of nitrogens with zero attached hydrogens (tertiary/aromatic N) is 3. The van der Waals surface area contributed by atoms with E-state index in [-0.39, 0.29) is 17.9 Å². The summed E-state index contributed by atoms with van der Waals surface area (Å²) >= 11 is 3.51. The van der Waals surface area contributed by atoms with Crippen molar-refractivity contribution in [1.29, 1.82) is 0 Å². The average molecular weight is 642 g/mol. The molecule has 1 aliphatic heterocycles. The first-order valence-electron chi connectivity index (χ1n) is 13.2. The Balaban J connectivity index is 1.52. The van der Waals surface area contributed by atoms with Crippen molar-refractivity contribution in [2.24, 2.45) is 0 Å². The summed E-state index contributed by atoms with van der Waals surface area (Å²) in [5.74, 6) is -0.810. The van der Waals surface area contributed by atoms with Gasteiger partial charge in [0.15, 0.2) is 11.5 Å². The van der Waals surface area contributed by atoms with Crippen LogP contribution in [-0.2, 0) is 16.2 Å². The second kappa shape index (κ2) is 12.7. The standard InChI is InChI=1S/C32H24BrN3O7/c1-2-42-28-19-22(18-27(33)29(28)43-20-21-13-15-25(16-14-21)36(40)41)17-26-30(37)34(23-9-5-3-6-10-23)32(39)35(31(26)38)24-11-7-4-8-12-24/h3-19H,2,20H2,1H3. The number of urea groups is 1. The highest BCUT2D eigenvalue weighted by Gasteiger charge is 2.43. The first kappa shape index (κ1) is 29.2. The van der Waals surface area contributed by atoms with Crippen molar-refractivity contribution in [3.63, 3.8) is 0 Å². The summed E-state index contributed by atoms with van der Waals surface area (Å²) in [6.07, 6.45) is 1.41. The molecule has 5 rings (SSSR count). The molecule has 1 fully saturated rings. The summed E-state index contributed by atoms with van der Waals surface area (Å²) in [6.45, 7) is 2.21. The van der Waals surface area contributed by atoms with E-state index in [9.17, 15) is 24.5 Å². The highest BCUT2D eigenvalue weighted by molar-refractivity contribution is 9.10. The fourth-order valence-corrected chi connectivity index (χ4v) is 5.02. The minimum absolute atomic E-state index is 0.0255. The molecule has 0 saturated carbocycles. The van der Waals surface area contributed by atoms with Gasteiger partial charge in [0.05, 0.1) is 27.4 Å². The Kier molecular flexibility index (Phi) is 8.63. The molecule has 0 unspecified atom stereocenters. The molecule has 0 bridgehead atoms. The van der Waals surface area contributed by atoms with E-state index >= 15 is 0 Å². The molecule has 11 heteroatoms. The number of non-ortho nitro benzene ring substituents is 1. The van der Waals surface area contributed by atoms with Gasteiger partial charge >= 0.3 is 6.03 Å². The molecule has 1 heterocycles. The predicted octanol–water partition coefficient (Wildman–Crippen LogP) is 6.92. The molecule has 0 atom stereocenters. The molecule has 1 aliphatic rings. The van der Waals surface area contributed by atoms with E-state index in [0.717, 1.165) is 9.80 Å². The van der Waals surface area contributed by atoms with Gasteiger partial charge in [0.25, 0.3) is 17.5 Å². The fourth-order valence-electron chi connectivity index (χ4n) is 4.45. The third-order valence-electron chi connectivity index (χ3n) is 6.45. The van der Waals surface area contributed by atoms with E-state index in [1.54, 1.807) is 91.9 Å². The summed E-state index contributed by atoms with van der Waals surface area (Å²) in [5, 5.41) is 10.9. The molecule has 1 saturated heterocycles. The van der Waals surface area contributed by atoms with Crippen LogP contribution in [0.5, 0.6) is 11.5 Å². The molecule has 10 nitrogen and oxygen atoms in total. The molecule has 0 radical (unpaired) electrons. The first-order chi connectivity index (χ1) is 20.8. The Hall–Kier alpha value is -5.29. The lowest BCUT2D eigenvalue weighted by molar-refractivity contribution is -0.384. The van der Waals surface area contributed by atoms with Crippen molar-refractivity contribution in [2.75, 3.05) is 16.4 Å². The molecule has 4 amide bonds. The van der Waals surface area contributed by atoms with Crippen LogP contribution in [0.25, 0.3) is 6.08 Å². The highest BCUT2D eigenvalue weighted by atomic mass is 79.9. The minimum atomic E-state index is -0.782. The van der Waals surface area contributed by atoms with Gasteiger partial charge in [0.2, 0.25) is 0 Å². The topological polar surface area (TPSA) is 119 Å². The number of imide groups is 2. The monoisotopic (exact) mass is 641 g/mol. The average Bonchev–Trinajstić information content (AvgIpc) is 3.00. The maximum atomic E-state index is 13.7. The third kappa shape index (κ3) is 6.16. The van der Waals surface area contributed by atoms with E-state index in [2.05, 4.69) is 15.9 Å². The summed E-state index contributed by atoms with van der Waals surface area (Å²) in [6, 6.07) is 25.3. The van der Waals surface area contributed by atoms with Crippen LogP contribution in [0.2, 0.25) is 0 Å². The normalized spacial score (nSPS) is 13.3. The van der Waals surface area contributed by atoms with E-state index in [4.69, 9.17) is 9.47 Å². The van der Waals surface area contributed by atoms with Crippen LogP contribution in [0, 0.1) is 10.1 Å². The maximum Gasteiger partial charge on any atom is 0.343 e. The number of ether oxygens (including phenoxy) is 2. The Morgan fingerprint density at radius 2 is 1.37 bits per heavy atom. The number of hydrogen-bond donors (Lipinski definition) is 0. The van der Waals surface area contributed by atoms with Gasteiger partial charge in [-0.2, -0.15) is 0 Å². The third-order valence-corrected chi connectivity index (χ3v) is 7.04. The van der Waals surface area contributed by atoms with Crippen LogP contribution in [0.4, 0.5) is 21.9 Å². The summed E-state index contributed by atoms with van der Waals surface area (Å²) < 4.78 is 12.3. The molecule has 0 aliphatic carbocycles. The Morgan fingerprint density at radius 3 is 1.88 bits per heavy atom. The van der Waals surface area contributed by atoms with E-state index in [0.29, 0.717) is 45.1 Å². The van der Waals surface area contributed by atoms with Crippen molar-refractivity contribution < 1.29 is 28.8 Å². The molecule has 0 aromatic heterocycles. The summed E-state index contributed by atoms with van der Waals surface area (Å²) in [5.41, 5.74) is 1.55. The van der Waals surface area contributed by atoms with Gasteiger partial charge in [-0.05, 0) is 88.6 Å². The Morgan fingerprint density at radius 1 is 0.814 bits per heavy atom. The molecule has 43 heavy (non-hydrogen) atoms. The number of anilines is 2. The number of nitro benzene ring substituents is 1. The van der Waals surface area contributed by atoms with Gasteiger partial charge in [0.1, 0.15) is 12.2 Å². The molecule has 216 valence electrons. The quantitative estimate of drug-likeness (QED) is 0.0842. The van der Waals surface area contributed by atoms with Crippen molar-refractivity contribution in [3.05, 3.63) is 128 Å². The largest absolute Gasteiger partial charge is 0.490 e. The second-order valence-corrected chi connectivity index (χ2v) is 10.1. The zero-order valence-corrected chi connectivity index (χ0v) is 24.4. The first-order valence-corrected chi connectivity index (χ1v) is 13.9. The van der Waals surface area contributed by atoms with Crippen LogP contribution >= 0.6 is 15.9 Å². The number of hydrogen-bond acceptors (Lipinski definition) is 7. The van der Waals surface area contributed by atoms with Gasteiger partial charge < -0.3 is 9.47 Å². The van der Waals surface area contributed by atoms with Gasteiger partial charge in [-0.3, -0.25) is 19.7 Å². The summed E-state index contributed by atoms with van der Waals surface area (Å²) in [4.78, 5) is 53.3. The number of carbonyl (C=O) groups is 3. The van der Waals surface area contributed by atoms with E-state index < -0.39 is 22.8 Å².